The van der Waals surface area contributed by atoms with Crippen molar-refractivity contribution < 1.29 is 9.90 Å². The second-order valence-corrected chi connectivity index (χ2v) is 7.03. The summed E-state index contributed by atoms with van der Waals surface area (Å²) in [4.78, 5) is 25.0. The predicted octanol–water partition coefficient (Wildman–Crippen LogP) is 4.60. The lowest BCUT2D eigenvalue weighted by atomic mass is 9.95. The van der Waals surface area contributed by atoms with Crippen LogP contribution < -0.4 is 5.69 Å². The fourth-order valence-corrected chi connectivity index (χ4v) is 3.55. The summed E-state index contributed by atoms with van der Waals surface area (Å²) in [5, 5.41) is 9.94. The molecule has 28 heavy (non-hydrogen) atoms. The monoisotopic (exact) mass is 378 g/mol. The summed E-state index contributed by atoms with van der Waals surface area (Å²) in [6.45, 7) is 6.94. The van der Waals surface area contributed by atoms with E-state index in [9.17, 15) is 14.7 Å². The Labute approximate surface area is 164 Å². The second kappa shape index (κ2) is 8.30. The van der Waals surface area contributed by atoms with Crippen LogP contribution in [0.25, 0.3) is 11.1 Å². The molecule has 0 saturated heterocycles. The fraction of sp³-hybridized carbons (Fsp3) is 0.304. The first-order chi connectivity index (χ1) is 13.5. The lowest BCUT2D eigenvalue weighted by Crippen LogP contribution is -2.26. The molecule has 0 aliphatic rings. The molecule has 0 aliphatic heterocycles. The van der Waals surface area contributed by atoms with Crippen LogP contribution in [0, 0.1) is 0 Å². The summed E-state index contributed by atoms with van der Waals surface area (Å²) in [6.07, 6.45) is 2.81. The molecule has 2 aromatic carbocycles. The molecule has 1 unspecified atom stereocenters. The van der Waals surface area contributed by atoms with Gasteiger partial charge in [-0.05, 0) is 36.0 Å². The molecule has 5 nitrogen and oxygen atoms in total. The van der Waals surface area contributed by atoms with Crippen molar-refractivity contribution in [2.24, 2.45) is 0 Å². The summed E-state index contributed by atoms with van der Waals surface area (Å²) < 4.78 is 3.40. The molecule has 0 bridgehead atoms. The average Bonchev–Trinajstić information content (AvgIpc) is 3.03. The van der Waals surface area contributed by atoms with Crippen molar-refractivity contribution in [2.45, 2.75) is 46.2 Å². The molecule has 146 valence electrons. The summed E-state index contributed by atoms with van der Waals surface area (Å²) in [5.74, 6) is -0.770. The summed E-state index contributed by atoms with van der Waals surface area (Å²) in [6, 6.07) is 14.9. The van der Waals surface area contributed by atoms with E-state index in [1.807, 2.05) is 55.6 Å². The Balaban J connectivity index is 2.15. The standard InChI is InChI=1S/C23H26N2O3/c1-4-16(3)20-15-24(5-2)23(28)25(20)14-18-12-9-13-19(21(18)22(26)27)17-10-7-6-8-11-17/h6-13,15-16H,4-5,14H2,1-3H3,(H,26,27). The first-order valence-electron chi connectivity index (χ1n) is 9.68. The molecule has 0 saturated carbocycles. The molecule has 1 heterocycles. The first-order valence-corrected chi connectivity index (χ1v) is 9.68. The van der Waals surface area contributed by atoms with E-state index in [-0.39, 0.29) is 23.7 Å². The van der Waals surface area contributed by atoms with E-state index in [0.717, 1.165) is 17.7 Å². The number of aromatic carboxylic acids is 1. The number of carboxylic acids is 1. The highest BCUT2D eigenvalue weighted by molar-refractivity contribution is 5.97. The number of nitrogens with zero attached hydrogens (tertiary/aromatic N) is 2. The third kappa shape index (κ3) is 3.65. The van der Waals surface area contributed by atoms with Crippen molar-refractivity contribution in [2.75, 3.05) is 0 Å². The van der Waals surface area contributed by atoms with E-state index in [1.54, 1.807) is 15.2 Å². The van der Waals surface area contributed by atoms with Gasteiger partial charge in [-0.25, -0.2) is 9.59 Å². The average molecular weight is 378 g/mol. The third-order valence-electron chi connectivity index (χ3n) is 5.31. The number of hydrogen-bond donors (Lipinski definition) is 1. The van der Waals surface area contributed by atoms with Gasteiger partial charge in [0.2, 0.25) is 0 Å². The van der Waals surface area contributed by atoms with Crippen LogP contribution in [-0.4, -0.2) is 20.2 Å². The van der Waals surface area contributed by atoms with Gasteiger partial charge in [0.05, 0.1) is 12.1 Å². The molecule has 1 atom stereocenters. The maximum atomic E-state index is 12.9. The number of aryl methyl sites for hydroxylation is 1. The van der Waals surface area contributed by atoms with Crippen LogP contribution in [0.3, 0.4) is 0 Å². The molecule has 0 aliphatic carbocycles. The zero-order chi connectivity index (χ0) is 20.3. The lowest BCUT2D eigenvalue weighted by molar-refractivity contribution is 0.0696. The number of aromatic nitrogens is 2. The van der Waals surface area contributed by atoms with Crippen LogP contribution in [0.1, 0.15) is 54.7 Å². The Kier molecular flexibility index (Phi) is 5.83. The van der Waals surface area contributed by atoms with Crippen LogP contribution in [0.2, 0.25) is 0 Å². The van der Waals surface area contributed by atoms with Gasteiger partial charge in [0.1, 0.15) is 0 Å². The van der Waals surface area contributed by atoms with Gasteiger partial charge in [-0.1, -0.05) is 62.4 Å². The van der Waals surface area contributed by atoms with Crippen molar-refractivity contribution in [3.63, 3.8) is 0 Å². The lowest BCUT2D eigenvalue weighted by Gasteiger charge is -2.15. The quantitative estimate of drug-likeness (QED) is 0.654. The third-order valence-corrected chi connectivity index (χ3v) is 5.31. The number of benzene rings is 2. The Bertz CT molecular complexity index is 1030. The summed E-state index contributed by atoms with van der Waals surface area (Å²) in [7, 11) is 0. The Morgan fingerprint density at radius 2 is 1.79 bits per heavy atom. The zero-order valence-electron chi connectivity index (χ0n) is 16.6. The minimum Gasteiger partial charge on any atom is -0.478 e. The molecule has 5 heteroatoms. The van der Waals surface area contributed by atoms with Crippen LogP contribution in [0.4, 0.5) is 0 Å². The number of carbonyl (C=O) groups is 1. The van der Waals surface area contributed by atoms with Crippen molar-refractivity contribution in [1.82, 2.24) is 9.13 Å². The first kappa shape index (κ1) is 19.7. The Hall–Kier alpha value is -3.08. The van der Waals surface area contributed by atoms with Crippen LogP contribution in [0.5, 0.6) is 0 Å². The Morgan fingerprint density at radius 1 is 1.07 bits per heavy atom. The highest BCUT2D eigenvalue weighted by Gasteiger charge is 2.20. The van der Waals surface area contributed by atoms with E-state index in [4.69, 9.17) is 0 Å². The number of carboxylic acid groups (broad SMARTS) is 1. The Morgan fingerprint density at radius 3 is 2.39 bits per heavy atom. The molecular weight excluding hydrogens is 352 g/mol. The number of imidazole rings is 1. The number of hydrogen-bond acceptors (Lipinski definition) is 2. The van der Waals surface area contributed by atoms with Gasteiger partial charge in [0.15, 0.2) is 0 Å². The van der Waals surface area contributed by atoms with Crippen molar-refractivity contribution in [3.8, 4) is 11.1 Å². The molecule has 3 aromatic rings. The SMILES string of the molecule is CCC(C)c1cn(CC)c(=O)n1Cc1cccc(-c2ccccc2)c1C(=O)O. The van der Waals surface area contributed by atoms with Crippen molar-refractivity contribution >= 4 is 5.97 Å². The summed E-state index contributed by atoms with van der Waals surface area (Å²) in [5.41, 5.74) is 3.24. The van der Waals surface area contributed by atoms with Gasteiger partial charge in [-0.15, -0.1) is 0 Å². The van der Waals surface area contributed by atoms with Crippen molar-refractivity contribution in [3.05, 3.63) is 82.0 Å². The van der Waals surface area contributed by atoms with Gasteiger partial charge in [0.25, 0.3) is 0 Å². The molecule has 0 amide bonds. The van der Waals surface area contributed by atoms with Gasteiger partial charge >= 0.3 is 11.7 Å². The van der Waals surface area contributed by atoms with Crippen LogP contribution in [-0.2, 0) is 13.1 Å². The fourth-order valence-electron chi connectivity index (χ4n) is 3.55. The minimum absolute atomic E-state index is 0.0979. The predicted molar refractivity (Wildman–Crippen MR) is 111 cm³/mol. The topological polar surface area (TPSA) is 64.2 Å². The van der Waals surface area contributed by atoms with Gasteiger partial charge in [-0.3, -0.25) is 9.13 Å². The molecule has 0 spiro atoms. The van der Waals surface area contributed by atoms with Gasteiger partial charge < -0.3 is 5.11 Å². The van der Waals surface area contributed by atoms with E-state index >= 15 is 0 Å². The van der Waals surface area contributed by atoms with Gasteiger partial charge in [-0.2, -0.15) is 0 Å². The molecule has 1 aromatic heterocycles. The molecular formula is C23H26N2O3. The molecule has 0 fully saturated rings. The maximum absolute atomic E-state index is 12.9. The van der Waals surface area contributed by atoms with E-state index < -0.39 is 5.97 Å². The highest BCUT2D eigenvalue weighted by Crippen LogP contribution is 2.28. The second-order valence-electron chi connectivity index (χ2n) is 7.03. The van der Waals surface area contributed by atoms with Crippen molar-refractivity contribution in [1.29, 1.82) is 0 Å². The zero-order valence-corrected chi connectivity index (χ0v) is 16.6. The minimum atomic E-state index is -0.984. The highest BCUT2D eigenvalue weighted by atomic mass is 16.4. The normalized spacial score (nSPS) is 12.1. The largest absolute Gasteiger partial charge is 0.478 e. The smallest absolute Gasteiger partial charge is 0.336 e. The molecule has 0 radical (unpaired) electrons. The molecule has 3 rings (SSSR count). The van der Waals surface area contributed by atoms with E-state index in [2.05, 4.69) is 13.8 Å². The van der Waals surface area contributed by atoms with Crippen LogP contribution >= 0.6 is 0 Å². The molecule has 1 N–H and O–H groups in total. The van der Waals surface area contributed by atoms with Crippen LogP contribution in [0.15, 0.2) is 59.5 Å². The number of rotatable bonds is 7. The van der Waals surface area contributed by atoms with E-state index in [0.29, 0.717) is 17.7 Å². The van der Waals surface area contributed by atoms with E-state index in [1.165, 1.54) is 0 Å². The van der Waals surface area contributed by atoms with Gasteiger partial charge in [0, 0.05) is 18.4 Å². The maximum Gasteiger partial charge on any atom is 0.336 e. The summed E-state index contributed by atoms with van der Waals surface area (Å²) >= 11 is 0.